The predicted octanol–water partition coefficient (Wildman–Crippen LogP) is 2.01. The number of nitrogens with one attached hydrogen (secondary N) is 1. The van der Waals surface area contributed by atoms with E-state index in [1.807, 2.05) is 0 Å². The number of fused-ring (bicyclic) bond motifs is 3. The summed E-state index contributed by atoms with van der Waals surface area (Å²) in [6.45, 7) is 1.15. The third kappa shape index (κ3) is 3.12. The van der Waals surface area contributed by atoms with Crippen LogP contribution < -0.4 is 5.56 Å². The topological polar surface area (TPSA) is 138 Å². The quantitative estimate of drug-likeness (QED) is 0.424. The Morgan fingerprint density at radius 3 is 2.55 bits per heavy atom. The monoisotopic (exact) mass is 428 g/mol. The Hall–Kier alpha value is -3.02. The Morgan fingerprint density at radius 1 is 1.24 bits per heavy atom. The predicted molar refractivity (Wildman–Crippen MR) is 93.7 cm³/mol. The molecule has 4 rings (SSSR count). The number of aromatic amines is 1. The smallest absolute Gasteiger partial charge is 0.324 e. The van der Waals surface area contributed by atoms with E-state index >= 15 is 0 Å². The molecular formula is C15H12F3N6O4P. The Bertz CT molecular complexity index is 1340. The van der Waals surface area contributed by atoms with Gasteiger partial charge < -0.3 is 19.3 Å². The van der Waals surface area contributed by atoms with E-state index in [2.05, 4.69) is 20.2 Å². The van der Waals surface area contributed by atoms with Crippen LogP contribution in [0.5, 0.6) is 0 Å². The molecule has 0 aliphatic carbocycles. The van der Waals surface area contributed by atoms with Gasteiger partial charge in [-0.15, -0.1) is 10.2 Å². The van der Waals surface area contributed by atoms with Crippen LogP contribution in [0.3, 0.4) is 0 Å². The van der Waals surface area contributed by atoms with Crippen LogP contribution in [0.4, 0.5) is 13.2 Å². The van der Waals surface area contributed by atoms with Crippen molar-refractivity contribution in [3.8, 4) is 5.69 Å². The molecule has 14 heteroatoms. The van der Waals surface area contributed by atoms with Crippen LogP contribution >= 0.6 is 7.60 Å². The van der Waals surface area contributed by atoms with E-state index in [-0.39, 0.29) is 28.2 Å². The molecule has 0 amide bonds. The number of hydrogen-bond acceptors (Lipinski definition) is 5. The molecule has 152 valence electrons. The SMILES string of the molecule is CC(c1nnc2c(=O)[nH]c3cc(-n4ccnc4)c(C(F)(F)F)cc3n12)P(=O)(O)O. The summed E-state index contributed by atoms with van der Waals surface area (Å²) < 4.78 is 55.0. The van der Waals surface area contributed by atoms with Crippen LogP contribution in [0.15, 0.2) is 35.6 Å². The molecule has 0 spiro atoms. The lowest BCUT2D eigenvalue weighted by Gasteiger charge is -2.17. The molecule has 3 aromatic heterocycles. The average molecular weight is 428 g/mol. The van der Waals surface area contributed by atoms with Crippen molar-refractivity contribution in [2.24, 2.45) is 0 Å². The summed E-state index contributed by atoms with van der Waals surface area (Å²) in [5.41, 5.74) is -4.13. The molecule has 0 radical (unpaired) electrons. The highest BCUT2D eigenvalue weighted by molar-refractivity contribution is 7.52. The second-order valence-electron chi connectivity index (χ2n) is 6.29. The normalized spacial score (nSPS) is 14.0. The molecule has 29 heavy (non-hydrogen) atoms. The number of halogens is 3. The molecule has 0 saturated carbocycles. The number of H-pyrrole nitrogens is 1. The zero-order valence-corrected chi connectivity index (χ0v) is 15.4. The number of alkyl halides is 3. The van der Waals surface area contributed by atoms with E-state index in [4.69, 9.17) is 0 Å². The fourth-order valence-corrected chi connectivity index (χ4v) is 3.45. The van der Waals surface area contributed by atoms with Crippen LogP contribution in [-0.2, 0) is 10.7 Å². The third-order valence-electron chi connectivity index (χ3n) is 4.46. The molecule has 10 nitrogen and oxygen atoms in total. The highest BCUT2D eigenvalue weighted by Gasteiger charge is 2.36. The summed E-state index contributed by atoms with van der Waals surface area (Å²) in [7, 11) is -4.71. The first kappa shape index (κ1) is 19.3. The third-order valence-corrected chi connectivity index (χ3v) is 5.70. The molecule has 1 aromatic carbocycles. The lowest BCUT2D eigenvalue weighted by Crippen LogP contribution is -2.16. The average Bonchev–Trinajstić information content (AvgIpc) is 3.29. The lowest BCUT2D eigenvalue weighted by molar-refractivity contribution is -0.137. The number of nitrogens with zero attached hydrogens (tertiary/aromatic N) is 5. The van der Waals surface area contributed by atoms with E-state index in [0.717, 1.165) is 28.0 Å². The van der Waals surface area contributed by atoms with Crippen molar-refractivity contribution in [3.63, 3.8) is 0 Å². The maximum atomic E-state index is 13.8. The largest absolute Gasteiger partial charge is 0.418 e. The summed E-state index contributed by atoms with van der Waals surface area (Å²) in [5.74, 6) is -0.326. The van der Waals surface area contributed by atoms with E-state index in [1.165, 1.54) is 18.7 Å². The van der Waals surface area contributed by atoms with E-state index in [0.29, 0.717) is 0 Å². The van der Waals surface area contributed by atoms with Gasteiger partial charge in [-0.1, -0.05) is 0 Å². The van der Waals surface area contributed by atoms with Gasteiger partial charge in [-0.05, 0) is 19.1 Å². The zero-order valence-electron chi connectivity index (χ0n) is 14.5. The van der Waals surface area contributed by atoms with Crippen molar-refractivity contribution >= 4 is 24.3 Å². The van der Waals surface area contributed by atoms with Crippen molar-refractivity contribution in [2.75, 3.05) is 0 Å². The first-order chi connectivity index (χ1) is 13.5. The van der Waals surface area contributed by atoms with Crippen LogP contribution in [0, 0.1) is 0 Å². The molecule has 3 N–H and O–H groups in total. The summed E-state index contributed by atoms with van der Waals surface area (Å²) in [6, 6.07) is 1.87. The van der Waals surface area contributed by atoms with E-state index in [1.54, 1.807) is 0 Å². The van der Waals surface area contributed by atoms with Crippen molar-refractivity contribution < 1.29 is 27.5 Å². The molecule has 4 aromatic rings. The van der Waals surface area contributed by atoms with E-state index < -0.39 is 30.6 Å². The second kappa shape index (κ2) is 6.24. The standard InChI is InChI=1S/C15H12F3N6O4P/c1-7(29(26,27)28)12-21-22-13-14(25)20-9-5-10(23-3-2-19-6-23)8(15(16,17)18)4-11(9)24(12)13/h2-7H,1H3,(H,20,25)(H2,26,27,28). The van der Waals surface area contributed by atoms with Gasteiger partial charge >= 0.3 is 13.8 Å². The number of rotatable bonds is 3. The van der Waals surface area contributed by atoms with Gasteiger partial charge in [-0.2, -0.15) is 13.2 Å². The summed E-state index contributed by atoms with van der Waals surface area (Å²) in [5, 5.41) is 7.24. The molecule has 1 unspecified atom stereocenters. The number of aromatic nitrogens is 6. The molecule has 0 aliphatic heterocycles. The van der Waals surface area contributed by atoms with Crippen LogP contribution in [0.2, 0.25) is 0 Å². The maximum Gasteiger partial charge on any atom is 0.418 e. The number of benzene rings is 1. The molecule has 0 saturated heterocycles. The van der Waals surface area contributed by atoms with E-state index in [9.17, 15) is 32.3 Å². The summed E-state index contributed by atoms with van der Waals surface area (Å²) in [4.78, 5) is 37.4. The zero-order chi connectivity index (χ0) is 21.1. The Labute approximate surface area is 158 Å². The Balaban J connectivity index is 2.15. The maximum absolute atomic E-state index is 13.8. The minimum absolute atomic E-state index is 0.00170. The minimum atomic E-state index is -4.76. The molecule has 0 aliphatic rings. The molecular weight excluding hydrogens is 416 g/mol. The van der Waals surface area contributed by atoms with Crippen molar-refractivity contribution in [3.05, 3.63) is 52.6 Å². The number of hydrogen-bond donors (Lipinski definition) is 3. The number of imidazole rings is 1. The first-order valence-electron chi connectivity index (χ1n) is 8.04. The van der Waals surface area contributed by atoms with Gasteiger partial charge in [-0.3, -0.25) is 13.8 Å². The van der Waals surface area contributed by atoms with Crippen molar-refractivity contribution in [1.29, 1.82) is 0 Å². The Kier molecular flexibility index (Phi) is 4.15. The van der Waals surface area contributed by atoms with Gasteiger partial charge in [-0.25, -0.2) is 4.98 Å². The highest BCUT2D eigenvalue weighted by Crippen LogP contribution is 2.51. The fourth-order valence-electron chi connectivity index (χ4n) is 2.98. The Morgan fingerprint density at radius 2 is 1.97 bits per heavy atom. The van der Waals surface area contributed by atoms with Gasteiger partial charge in [0.05, 0.1) is 28.6 Å². The first-order valence-corrected chi connectivity index (χ1v) is 9.72. The molecule has 3 heterocycles. The second-order valence-corrected chi connectivity index (χ2v) is 8.24. The molecule has 1 atom stereocenters. The lowest BCUT2D eigenvalue weighted by atomic mass is 10.1. The van der Waals surface area contributed by atoms with Crippen LogP contribution in [0.25, 0.3) is 22.4 Å². The molecule has 0 fully saturated rings. The van der Waals surface area contributed by atoms with Gasteiger partial charge in [0.1, 0.15) is 5.66 Å². The summed E-state index contributed by atoms with van der Waals surface area (Å²) in [6.07, 6.45) is -0.977. The van der Waals surface area contributed by atoms with Gasteiger partial charge in [0.25, 0.3) is 5.56 Å². The van der Waals surface area contributed by atoms with Crippen molar-refractivity contribution in [2.45, 2.75) is 18.8 Å². The highest BCUT2D eigenvalue weighted by atomic mass is 31.2. The van der Waals surface area contributed by atoms with Crippen LogP contribution in [0.1, 0.15) is 24.0 Å². The van der Waals surface area contributed by atoms with Gasteiger partial charge in [0.15, 0.2) is 5.82 Å². The molecule has 0 bridgehead atoms. The minimum Gasteiger partial charge on any atom is -0.324 e. The fraction of sp³-hybridized carbons (Fsp3) is 0.200. The van der Waals surface area contributed by atoms with Crippen molar-refractivity contribution in [1.82, 2.24) is 29.1 Å². The van der Waals surface area contributed by atoms with Gasteiger partial charge in [0.2, 0.25) is 5.65 Å². The van der Waals surface area contributed by atoms with Gasteiger partial charge in [0, 0.05) is 12.4 Å². The summed E-state index contributed by atoms with van der Waals surface area (Å²) >= 11 is 0. The van der Waals surface area contributed by atoms with Crippen LogP contribution in [-0.4, -0.2) is 38.9 Å².